The van der Waals surface area contributed by atoms with Crippen molar-refractivity contribution in [3.8, 4) is 5.75 Å². The van der Waals surface area contributed by atoms with Crippen molar-refractivity contribution in [2.75, 3.05) is 11.9 Å². The third-order valence-corrected chi connectivity index (χ3v) is 5.53. The van der Waals surface area contributed by atoms with Crippen molar-refractivity contribution in [3.63, 3.8) is 0 Å². The van der Waals surface area contributed by atoms with Crippen LogP contribution in [0, 0.1) is 5.92 Å². The number of rotatable bonds is 9. The normalized spacial score (nSPS) is 16.4. The van der Waals surface area contributed by atoms with Crippen molar-refractivity contribution in [1.29, 1.82) is 0 Å². The zero-order valence-electron chi connectivity index (χ0n) is 15.1. The Labute approximate surface area is 162 Å². The van der Waals surface area contributed by atoms with Crippen LogP contribution in [-0.4, -0.2) is 17.0 Å². The van der Waals surface area contributed by atoms with E-state index < -0.39 is 5.63 Å². The number of hydrogen-bond donors (Lipinski definition) is 2. The van der Waals surface area contributed by atoms with Crippen LogP contribution >= 0.6 is 15.9 Å². The molecule has 0 spiro atoms. The van der Waals surface area contributed by atoms with Gasteiger partial charge >= 0.3 is 5.63 Å². The van der Waals surface area contributed by atoms with E-state index in [1.54, 1.807) is 6.07 Å². The zero-order chi connectivity index (χ0) is 18.5. The molecule has 1 fully saturated rings. The first-order chi connectivity index (χ1) is 12.6. The van der Waals surface area contributed by atoms with E-state index in [-0.39, 0.29) is 17.7 Å². The summed E-state index contributed by atoms with van der Waals surface area (Å²) >= 11 is 3.44. The van der Waals surface area contributed by atoms with Gasteiger partial charge in [0.25, 0.3) is 0 Å². The van der Waals surface area contributed by atoms with Crippen LogP contribution in [0.2, 0.25) is 0 Å². The van der Waals surface area contributed by atoms with Crippen LogP contribution in [0.5, 0.6) is 5.75 Å². The maximum atomic E-state index is 12.8. The van der Waals surface area contributed by atoms with Gasteiger partial charge in [0, 0.05) is 17.3 Å². The molecule has 1 heterocycles. The van der Waals surface area contributed by atoms with Gasteiger partial charge in [-0.15, -0.1) is 0 Å². The lowest BCUT2D eigenvalue weighted by Gasteiger charge is -2.21. The van der Waals surface area contributed by atoms with Gasteiger partial charge in [0.05, 0.1) is 6.04 Å². The summed E-state index contributed by atoms with van der Waals surface area (Å²) < 4.78 is 5.64. The molecule has 2 atom stereocenters. The van der Waals surface area contributed by atoms with E-state index in [0.717, 1.165) is 30.3 Å². The van der Waals surface area contributed by atoms with Gasteiger partial charge in [-0.25, -0.2) is 4.79 Å². The molecule has 0 aliphatic heterocycles. The molecule has 1 aliphatic rings. The van der Waals surface area contributed by atoms with Crippen LogP contribution in [0.15, 0.2) is 45.6 Å². The number of hydrogen-bond acceptors (Lipinski definition) is 4. The summed E-state index contributed by atoms with van der Waals surface area (Å²) in [5.41, 5.74) is 0.801. The molecular weight excluding hydrogens is 394 g/mol. The molecule has 2 N–H and O–H groups in total. The van der Waals surface area contributed by atoms with Crippen LogP contribution in [0.25, 0.3) is 0 Å². The lowest BCUT2D eigenvalue weighted by atomic mass is 9.96. The molecule has 0 bridgehead atoms. The van der Waals surface area contributed by atoms with Gasteiger partial charge < -0.3 is 14.8 Å². The summed E-state index contributed by atoms with van der Waals surface area (Å²) in [6.07, 6.45) is 4.16. The summed E-state index contributed by atoms with van der Waals surface area (Å²) in [7, 11) is 0. The van der Waals surface area contributed by atoms with Crippen molar-refractivity contribution in [1.82, 2.24) is 5.32 Å². The summed E-state index contributed by atoms with van der Waals surface area (Å²) in [5, 5.41) is 15.0. The molecule has 0 amide bonds. The largest absolute Gasteiger partial charge is 0.507 e. The predicted molar refractivity (Wildman–Crippen MR) is 107 cm³/mol. The van der Waals surface area contributed by atoms with E-state index in [0.29, 0.717) is 17.2 Å². The molecular formula is C21H26BrNO3. The smallest absolute Gasteiger partial charge is 0.344 e. The molecule has 140 valence electrons. The van der Waals surface area contributed by atoms with Crippen LogP contribution in [0.3, 0.4) is 0 Å². The zero-order valence-corrected chi connectivity index (χ0v) is 16.7. The SMILES string of the molecule is CCC(CCBr)c1cc(O)c(C(NCC2CC2)c2ccccc2)c(=O)o1. The number of aromatic hydroxyl groups is 1. The minimum atomic E-state index is -0.454. The Balaban J connectivity index is 1.96. The first-order valence-corrected chi connectivity index (χ1v) is 10.5. The lowest BCUT2D eigenvalue weighted by molar-refractivity contribution is 0.375. The molecule has 0 saturated heterocycles. The quantitative estimate of drug-likeness (QED) is 0.577. The Hall–Kier alpha value is -1.59. The second kappa shape index (κ2) is 8.87. The van der Waals surface area contributed by atoms with Gasteiger partial charge in [-0.2, -0.15) is 0 Å². The van der Waals surface area contributed by atoms with Gasteiger partial charge in [-0.1, -0.05) is 53.2 Å². The van der Waals surface area contributed by atoms with E-state index in [1.165, 1.54) is 12.8 Å². The summed E-state index contributed by atoms with van der Waals surface area (Å²) in [5.74, 6) is 1.36. The van der Waals surface area contributed by atoms with Crippen molar-refractivity contribution in [2.24, 2.45) is 5.92 Å². The van der Waals surface area contributed by atoms with E-state index >= 15 is 0 Å². The molecule has 5 heteroatoms. The van der Waals surface area contributed by atoms with Crippen LogP contribution in [0.4, 0.5) is 0 Å². The second-order valence-electron chi connectivity index (χ2n) is 7.01. The Morgan fingerprint density at radius 2 is 2.04 bits per heavy atom. The highest BCUT2D eigenvalue weighted by molar-refractivity contribution is 9.09. The minimum absolute atomic E-state index is 0.0152. The maximum absolute atomic E-state index is 12.8. The van der Waals surface area contributed by atoms with Crippen molar-refractivity contribution >= 4 is 15.9 Å². The standard InChI is InChI=1S/C21H26BrNO3/c1-2-15(10-11-22)18-12-17(24)19(21(25)26-18)20(23-13-14-8-9-14)16-6-4-3-5-7-16/h3-7,12,14-15,20,23-24H,2,8-11,13H2,1H3. The topological polar surface area (TPSA) is 62.5 Å². The fourth-order valence-corrected chi connectivity index (χ4v) is 3.85. The highest BCUT2D eigenvalue weighted by Crippen LogP contribution is 2.33. The number of benzene rings is 1. The van der Waals surface area contributed by atoms with E-state index in [2.05, 4.69) is 28.2 Å². The Bertz CT molecular complexity index is 771. The van der Waals surface area contributed by atoms with Crippen LogP contribution in [-0.2, 0) is 0 Å². The minimum Gasteiger partial charge on any atom is -0.507 e. The van der Waals surface area contributed by atoms with Gasteiger partial charge in [0.15, 0.2) is 0 Å². The highest BCUT2D eigenvalue weighted by atomic mass is 79.9. The molecule has 0 radical (unpaired) electrons. The summed E-state index contributed by atoms with van der Waals surface area (Å²) in [6, 6.07) is 11.0. The average molecular weight is 420 g/mol. The van der Waals surface area contributed by atoms with Crippen molar-refractivity contribution in [2.45, 2.75) is 44.6 Å². The van der Waals surface area contributed by atoms with Gasteiger partial charge in [-0.3, -0.25) is 0 Å². The number of halogens is 1. The Morgan fingerprint density at radius 1 is 1.31 bits per heavy atom. The van der Waals surface area contributed by atoms with Crippen LogP contribution < -0.4 is 10.9 Å². The first kappa shape index (κ1) is 19.2. The molecule has 1 aromatic carbocycles. The molecule has 1 aliphatic carbocycles. The number of alkyl halides is 1. The molecule has 2 aromatic rings. The Kier molecular flexibility index (Phi) is 6.54. The van der Waals surface area contributed by atoms with Crippen molar-refractivity contribution in [3.05, 3.63) is 63.7 Å². The molecule has 1 aromatic heterocycles. The summed E-state index contributed by atoms with van der Waals surface area (Å²) in [4.78, 5) is 12.8. The fourth-order valence-electron chi connectivity index (χ4n) is 3.29. The first-order valence-electron chi connectivity index (χ1n) is 9.35. The monoisotopic (exact) mass is 419 g/mol. The second-order valence-corrected chi connectivity index (χ2v) is 7.81. The van der Waals surface area contributed by atoms with Crippen LogP contribution in [0.1, 0.15) is 61.5 Å². The van der Waals surface area contributed by atoms with Gasteiger partial charge in [0.2, 0.25) is 0 Å². The third kappa shape index (κ3) is 4.57. The number of nitrogens with one attached hydrogen (secondary N) is 1. The molecule has 4 nitrogen and oxygen atoms in total. The van der Waals surface area contributed by atoms with Gasteiger partial charge in [0.1, 0.15) is 17.1 Å². The predicted octanol–water partition coefficient (Wildman–Crippen LogP) is 4.71. The van der Waals surface area contributed by atoms with Crippen molar-refractivity contribution < 1.29 is 9.52 Å². The van der Waals surface area contributed by atoms with E-state index in [1.807, 2.05) is 30.3 Å². The summed E-state index contributed by atoms with van der Waals surface area (Å²) in [6.45, 7) is 2.89. The maximum Gasteiger partial charge on any atom is 0.344 e. The molecule has 26 heavy (non-hydrogen) atoms. The Morgan fingerprint density at radius 3 is 2.62 bits per heavy atom. The van der Waals surface area contributed by atoms with Gasteiger partial charge in [-0.05, 0) is 43.7 Å². The molecule has 3 rings (SSSR count). The van der Waals surface area contributed by atoms with E-state index in [4.69, 9.17) is 4.42 Å². The third-order valence-electron chi connectivity index (χ3n) is 5.07. The van der Waals surface area contributed by atoms with E-state index in [9.17, 15) is 9.90 Å². The molecule has 1 saturated carbocycles. The molecule has 2 unspecified atom stereocenters. The highest BCUT2D eigenvalue weighted by Gasteiger charge is 2.28. The lowest BCUT2D eigenvalue weighted by Crippen LogP contribution is -2.29. The fraction of sp³-hybridized carbons (Fsp3) is 0.476. The average Bonchev–Trinajstić information content (AvgIpc) is 3.46.